The van der Waals surface area contributed by atoms with Crippen LogP contribution in [0.2, 0.25) is 5.02 Å². The van der Waals surface area contributed by atoms with E-state index in [9.17, 15) is 4.79 Å². The molecule has 2 aromatic heterocycles. The van der Waals surface area contributed by atoms with E-state index in [0.29, 0.717) is 5.02 Å². The third kappa shape index (κ3) is 3.72. The third-order valence-electron chi connectivity index (χ3n) is 4.81. The Morgan fingerprint density at radius 2 is 1.96 bits per heavy atom. The van der Waals surface area contributed by atoms with E-state index in [-0.39, 0.29) is 11.9 Å². The second-order valence-corrected chi connectivity index (χ2v) is 7.11. The van der Waals surface area contributed by atoms with Gasteiger partial charge in [0.25, 0.3) is 0 Å². The zero-order chi connectivity index (χ0) is 18.1. The lowest BCUT2D eigenvalue weighted by Gasteiger charge is -2.35. The van der Waals surface area contributed by atoms with Crippen LogP contribution in [0.4, 0.5) is 0 Å². The summed E-state index contributed by atoms with van der Waals surface area (Å²) >= 11 is 6.21. The summed E-state index contributed by atoms with van der Waals surface area (Å²) in [7, 11) is 1.92. The number of hydrogen-bond acceptors (Lipinski definition) is 4. The van der Waals surface area contributed by atoms with E-state index in [1.54, 1.807) is 4.68 Å². The molecule has 0 aliphatic carbocycles. The highest BCUT2D eigenvalue weighted by molar-refractivity contribution is 6.31. The lowest BCUT2D eigenvalue weighted by molar-refractivity contribution is -0.136. The van der Waals surface area contributed by atoms with Crippen molar-refractivity contribution in [2.75, 3.05) is 26.2 Å². The minimum absolute atomic E-state index is 0.100. The van der Waals surface area contributed by atoms with Gasteiger partial charge in [0, 0.05) is 51.5 Å². The van der Waals surface area contributed by atoms with Gasteiger partial charge in [-0.2, -0.15) is 10.2 Å². The van der Waals surface area contributed by atoms with Crippen LogP contribution in [0.5, 0.6) is 0 Å². The molecule has 2 aromatic rings. The van der Waals surface area contributed by atoms with Crippen LogP contribution < -0.4 is 0 Å². The van der Waals surface area contributed by atoms with E-state index in [1.165, 1.54) is 5.56 Å². The summed E-state index contributed by atoms with van der Waals surface area (Å²) in [5.41, 5.74) is 2.81. The number of halogens is 1. The molecule has 3 heterocycles. The highest BCUT2D eigenvalue weighted by Crippen LogP contribution is 2.23. The minimum atomic E-state index is -0.337. The Bertz CT molecular complexity index is 759. The third-order valence-corrected chi connectivity index (χ3v) is 5.36. The number of aromatic nitrogens is 4. The molecule has 1 amide bonds. The van der Waals surface area contributed by atoms with Crippen molar-refractivity contribution in [3.05, 3.63) is 34.4 Å². The molecule has 7 nitrogen and oxygen atoms in total. The van der Waals surface area contributed by atoms with Crippen LogP contribution in [-0.2, 0) is 18.4 Å². The molecule has 0 saturated carbocycles. The summed E-state index contributed by atoms with van der Waals surface area (Å²) in [5, 5.41) is 9.26. The van der Waals surface area contributed by atoms with Crippen molar-refractivity contribution < 1.29 is 4.79 Å². The van der Waals surface area contributed by atoms with Crippen molar-refractivity contribution >= 4 is 17.5 Å². The molecule has 0 spiro atoms. The molecule has 0 radical (unpaired) electrons. The fraction of sp³-hybridized carbons (Fsp3) is 0.588. The number of rotatable bonds is 4. The first-order chi connectivity index (χ1) is 11.9. The van der Waals surface area contributed by atoms with Gasteiger partial charge in [-0.25, -0.2) is 0 Å². The standard InChI is InChI=1S/C17H25ClN6O/c1-12-16(18)13(2)24(20-12)14(3)17(25)23-7-5-22(6-8-23)11-15-9-19-21(4)10-15/h9-10,14H,5-8,11H2,1-4H3. The molecule has 1 fully saturated rings. The second-order valence-electron chi connectivity index (χ2n) is 6.73. The Balaban J connectivity index is 1.58. The van der Waals surface area contributed by atoms with Gasteiger partial charge in [0.05, 0.1) is 22.6 Å². The predicted octanol–water partition coefficient (Wildman–Crippen LogP) is 1.79. The second kappa shape index (κ2) is 7.17. The van der Waals surface area contributed by atoms with E-state index in [1.807, 2.05) is 49.8 Å². The van der Waals surface area contributed by atoms with Gasteiger partial charge < -0.3 is 4.90 Å². The first-order valence-electron chi connectivity index (χ1n) is 8.56. The van der Waals surface area contributed by atoms with E-state index in [2.05, 4.69) is 15.1 Å². The van der Waals surface area contributed by atoms with E-state index < -0.39 is 0 Å². The topological polar surface area (TPSA) is 59.2 Å². The molecule has 0 N–H and O–H groups in total. The number of amides is 1. The maximum absolute atomic E-state index is 12.8. The van der Waals surface area contributed by atoms with Crippen molar-refractivity contribution in [3.8, 4) is 0 Å². The van der Waals surface area contributed by atoms with Gasteiger partial charge in [-0.3, -0.25) is 19.1 Å². The summed E-state index contributed by atoms with van der Waals surface area (Å²) in [6, 6.07) is -0.337. The van der Waals surface area contributed by atoms with Gasteiger partial charge in [0.15, 0.2) is 0 Å². The van der Waals surface area contributed by atoms with Gasteiger partial charge in [-0.15, -0.1) is 0 Å². The molecule has 1 aliphatic heterocycles. The van der Waals surface area contributed by atoms with Crippen LogP contribution in [0.25, 0.3) is 0 Å². The average molecular weight is 365 g/mol. The highest BCUT2D eigenvalue weighted by atomic mass is 35.5. The molecular formula is C17H25ClN6O. The molecular weight excluding hydrogens is 340 g/mol. The molecule has 1 unspecified atom stereocenters. The number of hydrogen-bond donors (Lipinski definition) is 0. The zero-order valence-corrected chi connectivity index (χ0v) is 16.0. The van der Waals surface area contributed by atoms with Crippen LogP contribution in [0.3, 0.4) is 0 Å². The van der Waals surface area contributed by atoms with Gasteiger partial charge in [-0.05, 0) is 20.8 Å². The largest absolute Gasteiger partial charge is 0.338 e. The maximum Gasteiger partial charge on any atom is 0.247 e. The molecule has 3 rings (SSSR count). The summed E-state index contributed by atoms with van der Waals surface area (Å²) in [6.45, 7) is 9.72. The van der Waals surface area contributed by atoms with Gasteiger partial charge in [-0.1, -0.05) is 11.6 Å². The Morgan fingerprint density at radius 3 is 2.48 bits per heavy atom. The number of piperazine rings is 1. The first kappa shape index (κ1) is 17.9. The molecule has 25 heavy (non-hydrogen) atoms. The molecule has 0 aromatic carbocycles. The van der Waals surface area contributed by atoms with Crippen LogP contribution in [0.1, 0.15) is 29.9 Å². The Labute approximate surface area is 153 Å². The molecule has 1 atom stereocenters. The Morgan fingerprint density at radius 1 is 1.28 bits per heavy atom. The monoisotopic (exact) mass is 364 g/mol. The van der Waals surface area contributed by atoms with Crippen molar-refractivity contribution in [2.45, 2.75) is 33.4 Å². The maximum atomic E-state index is 12.8. The lowest BCUT2D eigenvalue weighted by atomic mass is 10.2. The fourth-order valence-corrected chi connectivity index (χ4v) is 3.45. The zero-order valence-electron chi connectivity index (χ0n) is 15.2. The van der Waals surface area contributed by atoms with Crippen LogP contribution >= 0.6 is 11.6 Å². The molecule has 8 heteroatoms. The first-order valence-corrected chi connectivity index (χ1v) is 8.94. The highest BCUT2D eigenvalue weighted by Gasteiger charge is 2.28. The number of carbonyl (C=O) groups is 1. The number of nitrogens with zero attached hydrogens (tertiary/aromatic N) is 6. The molecule has 1 saturated heterocycles. The van der Waals surface area contributed by atoms with Crippen molar-refractivity contribution in [1.82, 2.24) is 29.4 Å². The molecule has 0 bridgehead atoms. The lowest BCUT2D eigenvalue weighted by Crippen LogP contribution is -2.50. The summed E-state index contributed by atoms with van der Waals surface area (Å²) in [5.74, 6) is 0.100. The van der Waals surface area contributed by atoms with E-state index >= 15 is 0 Å². The Kier molecular flexibility index (Phi) is 5.15. The van der Waals surface area contributed by atoms with Crippen molar-refractivity contribution in [2.24, 2.45) is 7.05 Å². The van der Waals surface area contributed by atoms with Crippen molar-refractivity contribution in [1.29, 1.82) is 0 Å². The quantitative estimate of drug-likeness (QED) is 0.830. The summed E-state index contributed by atoms with van der Waals surface area (Å²) < 4.78 is 3.55. The van der Waals surface area contributed by atoms with Gasteiger partial charge in [0.1, 0.15) is 6.04 Å². The predicted molar refractivity (Wildman–Crippen MR) is 96.5 cm³/mol. The smallest absolute Gasteiger partial charge is 0.247 e. The van der Waals surface area contributed by atoms with Crippen LogP contribution in [0.15, 0.2) is 12.4 Å². The number of aryl methyl sites for hydroxylation is 2. The average Bonchev–Trinajstić information content (AvgIpc) is 3.12. The van der Waals surface area contributed by atoms with Crippen molar-refractivity contribution in [3.63, 3.8) is 0 Å². The number of carbonyl (C=O) groups excluding carboxylic acids is 1. The normalized spacial score (nSPS) is 17.1. The fourth-order valence-electron chi connectivity index (χ4n) is 3.33. The molecule has 1 aliphatic rings. The molecule has 136 valence electrons. The van der Waals surface area contributed by atoms with Gasteiger partial charge in [0.2, 0.25) is 5.91 Å². The minimum Gasteiger partial charge on any atom is -0.338 e. The van der Waals surface area contributed by atoms with Gasteiger partial charge >= 0.3 is 0 Å². The summed E-state index contributed by atoms with van der Waals surface area (Å²) in [4.78, 5) is 17.1. The SMILES string of the molecule is Cc1nn(C(C)C(=O)N2CCN(Cc3cnn(C)c3)CC2)c(C)c1Cl. The summed E-state index contributed by atoms with van der Waals surface area (Å²) in [6.07, 6.45) is 3.93. The van der Waals surface area contributed by atoms with E-state index in [0.717, 1.165) is 44.1 Å². The van der Waals surface area contributed by atoms with E-state index in [4.69, 9.17) is 11.6 Å². The van der Waals surface area contributed by atoms with Crippen LogP contribution in [-0.4, -0.2) is 61.4 Å². The van der Waals surface area contributed by atoms with Crippen LogP contribution in [0, 0.1) is 13.8 Å². The Hall–Kier alpha value is -1.86.